The standard InChI is InChI=1S/C12H12OS/c1-9(2)10-7-8-14(13)12-6-4-3-5-11(10)12/h3-8H,1-2H3. The SMILES string of the molecule is CC(C)=C1C=C[S+]([O-])c2ccccc21. The minimum Gasteiger partial charge on any atom is -0.607 e. The molecular weight excluding hydrogens is 192 g/mol. The Balaban J connectivity index is 2.65. The number of hydrogen-bond acceptors (Lipinski definition) is 1. The van der Waals surface area contributed by atoms with Gasteiger partial charge in [-0.05, 0) is 37.6 Å². The predicted molar refractivity (Wildman–Crippen MR) is 60.3 cm³/mol. The van der Waals surface area contributed by atoms with Gasteiger partial charge in [0.1, 0.15) is 5.41 Å². The highest BCUT2D eigenvalue weighted by molar-refractivity contribution is 7.94. The van der Waals surface area contributed by atoms with Crippen molar-refractivity contribution in [1.82, 2.24) is 0 Å². The van der Waals surface area contributed by atoms with E-state index in [1.54, 1.807) is 5.41 Å². The van der Waals surface area contributed by atoms with Crippen LogP contribution in [0.1, 0.15) is 19.4 Å². The van der Waals surface area contributed by atoms with Crippen molar-refractivity contribution in [1.29, 1.82) is 0 Å². The minimum atomic E-state index is -0.967. The lowest BCUT2D eigenvalue weighted by Crippen LogP contribution is -2.05. The summed E-state index contributed by atoms with van der Waals surface area (Å²) in [5, 5.41) is 1.75. The maximum Gasteiger partial charge on any atom is 0.165 e. The second-order valence-electron chi connectivity index (χ2n) is 3.51. The van der Waals surface area contributed by atoms with Crippen molar-refractivity contribution >= 4 is 16.7 Å². The monoisotopic (exact) mass is 204 g/mol. The maximum absolute atomic E-state index is 11.7. The van der Waals surface area contributed by atoms with Gasteiger partial charge in [-0.2, -0.15) is 0 Å². The summed E-state index contributed by atoms with van der Waals surface area (Å²) in [7, 11) is 0. The Labute approximate surface area is 87.3 Å². The molecule has 1 aromatic rings. The normalized spacial score (nSPS) is 19.4. The average Bonchev–Trinajstić information content (AvgIpc) is 2.18. The van der Waals surface area contributed by atoms with Crippen LogP contribution in [0.4, 0.5) is 0 Å². The van der Waals surface area contributed by atoms with Crippen LogP contribution in [-0.4, -0.2) is 4.55 Å². The third-order valence-electron chi connectivity index (χ3n) is 2.29. The van der Waals surface area contributed by atoms with Gasteiger partial charge in [0.05, 0.1) is 0 Å². The third-order valence-corrected chi connectivity index (χ3v) is 3.46. The molecule has 0 N–H and O–H groups in total. The van der Waals surface area contributed by atoms with Crippen LogP contribution in [0.15, 0.2) is 46.2 Å². The Morgan fingerprint density at radius 3 is 2.64 bits per heavy atom. The molecule has 0 aromatic heterocycles. The summed E-state index contributed by atoms with van der Waals surface area (Å²) in [5.41, 5.74) is 3.55. The topological polar surface area (TPSA) is 23.1 Å². The molecule has 72 valence electrons. The van der Waals surface area contributed by atoms with E-state index < -0.39 is 11.2 Å². The van der Waals surface area contributed by atoms with E-state index in [0.717, 1.165) is 10.5 Å². The first-order valence-electron chi connectivity index (χ1n) is 4.56. The molecule has 1 atom stereocenters. The molecule has 0 radical (unpaired) electrons. The molecule has 0 aliphatic carbocycles. The first kappa shape index (κ1) is 9.56. The van der Waals surface area contributed by atoms with Gasteiger partial charge in [0.25, 0.3) is 0 Å². The lowest BCUT2D eigenvalue weighted by molar-refractivity contribution is 0.603. The van der Waals surface area contributed by atoms with Crippen molar-refractivity contribution < 1.29 is 4.55 Å². The van der Waals surface area contributed by atoms with Crippen LogP contribution in [0.5, 0.6) is 0 Å². The third kappa shape index (κ3) is 1.51. The van der Waals surface area contributed by atoms with Gasteiger partial charge in [-0.1, -0.05) is 17.7 Å². The molecule has 2 rings (SSSR count). The zero-order valence-electron chi connectivity index (χ0n) is 8.28. The van der Waals surface area contributed by atoms with Crippen LogP contribution in [-0.2, 0) is 11.2 Å². The molecule has 1 aromatic carbocycles. The summed E-state index contributed by atoms with van der Waals surface area (Å²) < 4.78 is 11.7. The lowest BCUT2D eigenvalue weighted by atomic mass is 10.0. The molecule has 1 aliphatic heterocycles. The highest BCUT2D eigenvalue weighted by Gasteiger charge is 2.20. The van der Waals surface area contributed by atoms with Crippen molar-refractivity contribution in [3.63, 3.8) is 0 Å². The molecule has 1 aliphatic rings. The van der Waals surface area contributed by atoms with E-state index >= 15 is 0 Å². The van der Waals surface area contributed by atoms with E-state index in [1.165, 1.54) is 11.1 Å². The lowest BCUT2D eigenvalue weighted by Gasteiger charge is -2.16. The molecule has 1 unspecified atom stereocenters. The van der Waals surface area contributed by atoms with Gasteiger partial charge in [-0.3, -0.25) is 0 Å². The summed E-state index contributed by atoms with van der Waals surface area (Å²) in [6, 6.07) is 7.87. The molecule has 0 bridgehead atoms. The minimum absolute atomic E-state index is 0.922. The number of rotatable bonds is 0. The second kappa shape index (κ2) is 3.64. The van der Waals surface area contributed by atoms with Gasteiger partial charge in [0, 0.05) is 16.7 Å². The predicted octanol–water partition coefficient (Wildman–Crippen LogP) is 3.11. The smallest absolute Gasteiger partial charge is 0.165 e. The van der Waals surface area contributed by atoms with Crippen molar-refractivity contribution in [2.75, 3.05) is 0 Å². The second-order valence-corrected chi connectivity index (χ2v) is 4.82. The van der Waals surface area contributed by atoms with E-state index in [1.807, 2.05) is 30.3 Å². The first-order chi connectivity index (χ1) is 6.70. The molecule has 2 heteroatoms. The van der Waals surface area contributed by atoms with Gasteiger partial charge in [0.15, 0.2) is 4.90 Å². The van der Waals surface area contributed by atoms with Crippen LogP contribution >= 0.6 is 0 Å². The van der Waals surface area contributed by atoms with E-state index in [2.05, 4.69) is 13.8 Å². The van der Waals surface area contributed by atoms with E-state index in [9.17, 15) is 4.55 Å². The van der Waals surface area contributed by atoms with Crippen LogP contribution in [0, 0.1) is 0 Å². The van der Waals surface area contributed by atoms with Crippen molar-refractivity contribution in [3.8, 4) is 0 Å². The van der Waals surface area contributed by atoms with Crippen molar-refractivity contribution in [2.45, 2.75) is 18.7 Å². The van der Waals surface area contributed by atoms with E-state index in [4.69, 9.17) is 0 Å². The van der Waals surface area contributed by atoms with Gasteiger partial charge in [-0.25, -0.2) is 0 Å². The van der Waals surface area contributed by atoms with Crippen LogP contribution in [0.3, 0.4) is 0 Å². The highest BCUT2D eigenvalue weighted by atomic mass is 32.2. The Morgan fingerprint density at radius 1 is 1.21 bits per heavy atom. The van der Waals surface area contributed by atoms with Crippen LogP contribution in [0.2, 0.25) is 0 Å². The molecule has 14 heavy (non-hydrogen) atoms. The van der Waals surface area contributed by atoms with Crippen LogP contribution < -0.4 is 0 Å². The number of benzene rings is 1. The van der Waals surface area contributed by atoms with E-state index in [0.29, 0.717) is 0 Å². The number of allylic oxidation sites excluding steroid dienone is 3. The summed E-state index contributed by atoms with van der Waals surface area (Å²) in [6.07, 6.45) is 1.95. The van der Waals surface area contributed by atoms with Gasteiger partial charge < -0.3 is 4.55 Å². The highest BCUT2D eigenvalue weighted by Crippen LogP contribution is 2.32. The fourth-order valence-electron chi connectivity index (χ4n) is 1.59. The van der Waals surface area contributed by atoms with Gasteiger partial charge in [-0.15, -0.1) is 0 Å². The van der Waals surface area contributed by atoms with Crippen molar-refractivity contribution in [2.24, 2.45) is 0 Å². The largest absolute Gasteiger partial charge is 0.607 e. The number of fused-ring (bicyclic) bond motifs is 1. The molecule has 1 heterocycles. The molecule has 0 amide bonds. The van der Waals surface area contributed by atoms with Gasteiger partial charge in [0.2, 0.25) is 0 Å². The summed E-state index contributed by atoms with van der Waals surface area (Å²) >= 11 is -0.967. The number of hydrogen-bond donors (Lipinski definition) is 0. The Hall–Kier alpha value is -0.990. The molecule has 1 nitrogen and oxygen atoms in total. The quantitative estimate of drug-likeness (QED) is 0.595. The Bertz CT molecular complexity index is 414. The fraction of sp³-hybridized carbons (Fsp3) is 0.167. The molecular formula is C12H12OS. The molecule has 0 spiro atoms. The molecule has 0 saturated carbocycles. The Morgan fingerprint density at radius 2 is 1.93 bits per heavy atom. The summed E-state index contributed by atoms with van der Waals surface area (Å²) in [4.78, 5) is 0.922. The Kier molecular flexibility index (Phi) is 2.48. The van der Waals surface area contributed by atoms with Crippen LogP contribution in [0.25, 0.3) is 5.57 Å². The van der Waals surface area contributed by atoms with Crippen molar-refractivity contribution in [3.05, 3.63) is 46.9 Å². The van der Waals surface area contributed by atoms with Gasteiger partial charge >= 0.3 is 0 Å². The fourth-order valence-corrected chi connectivity index (χ4v) is 2.61. The van der Waals surface area contributed by atoms with E-state index in [-0.39, 0.29) is 0 Å². The average molecular weight is 204 g/mol. The molecule has 0 fully saturated rings. The summed E-state index contributed by atoms with van der Waals surface area (Å²) in [5.74, 6) is 0. The summed E-state index contributed by atoms with van der Waals surface area (Å²) in [6.45, 7) is 4.15. The zero-order chi connectivity index (χ0) is 10.1. The maximum atomic E-state index is 11.7. The zero-order valence-corrected chi connectivity index (χ0v) is 9.10. The molecule has 0 saturated heterocycles. The first-order valence-corrected chi connectivity index (χ1v) is 5.77.